The summed E-state index contributed by atoms with van der Waals surface area (Å²) in [4.78, 5) is 0. The fourth-order valence-electron chi connectivity index (χ4n) is 4.08. The van der Waals surface area contributed by atoms with E-state index in [9.17, 15) is 5.11 Å². The summed E-state index contributed by atoms with van der Waals surface area (Å²) in [6.07, 6.45) is 2.85. The fraction of sp³-hybridized carbons (Fsp3) is 0.667. The predicted octanol–water partition coefficient (Wildman–Crippen LogP) is 10.2. The molecule has 1 unspecified atom stereocenters. The topological polar surface area (TPSA) is 47.9 Å². The summed E-state index contributed by atoms with van der Waals surface area (Å²) in [6.45, 7) is 30.1. The van der Waals surface area contributed by atoms with Gasteiger partial charge in [-0.1, -0.05) is 79.2 Å². The Morgan fingerprint density at radius 1 is 0.805 bits per heavy atom. The van der Waals surface area contributed by atoms with Crippen molar-refractivity contribution in [2.24, 2.45) is 5.41 Å². The zero-order valence-corrected chi connectivity index (χ0v) is 29.5. The Morgan fingerprint density at radius 2 is 1.46 bits per heavy atom. The van der Waals surface area contributed by atoms with Gasteiger partial charge in [-0.15, -0.1) is 0 Å². The van der Waals surface area contributed by atoms with Crippen molar-refractivity contribution in [1.29, 1.82) is 0 Å². The summed E-state index contributed by atoms with van der Waals surface area (Å²) in [5.74, 6) is 1.30. The molecule has 0 aliphatic heterocycles. The van der Waals surface area contributed by atoms with Gasteiger partial charge in [-0.05, 0) is 110 Å². The van der Waals surface area contributed by atoms with Crippen molar-refractivity contribution in [1.82, 2.24) is 0 Å². The third kappa shape index (κ3) is 11.2. The molecule has 1 atom stereocenters. The molecular formula is C36H60O4Si. The highest BCUT2D eigenvalue weighted by molar-refractivity contribution is 6.74. The summed E-state index contributed by atoms with van der Waals surface area (Å²) in [5.41, 5.74) is 3.91. The van der Waals surface area contributed by atoms with Gasteiger partial charge >= 0.3 is 0 Å². The Hall–Kier alpha value is -1.66. The molecule has 2 rings (SSSR count). The van der Waals surface area contributed by atoms with Crippen LogP contribution >= 0.6 is 0 Å². The van der Waals surface area contributed by atoms with E-state index in [1.807, 2.05) is 19.9 Å². The van der Waals surface area contributed by atoms with Gasteiger partial charge in [0.25, 0.3) is 0 Å². The number of benzene rings is 2. The van der Waals surface area contributed by atoms with Gasteiger partial charge in [0.1, 0.15) is 12.4 Å². The predicted molar refractivity (Wildman–Crippen MR) is 176 cm³/mol. The summed E-state index contributed by atoms with van der Waals surface area (Å²) >= 11 is 0. The smallest absolute Gasteiger partial charge is 0.192 e. The first-order valence-corrected chi connectivity index (χ1v) is 18.4. The fourth-order valence-corrected chi connectivity index (χ4v) is 5.03. The second-order valence-electron chi connectivity index (χ2n) is 15.7. The Labute approximate surface area is 253 Å². The van der Waals surface area contributed by atoms with E-state index in [0.717, 1.165) is 30.6 Å². The molecule has 2 aromatic rings. The highest BCUT2D eigenvalue weighted by Gasteiger charge is 2.37. The molecule has 0 aliphatic rings. The average molecular weight is 585 g/mol. The highest BCUT2D eigenvalue weighted by Crippen LogP contribution is 2.38. The second kappa shape index (κ2) is 13.8. The monoisotopic (exact) mass is 584 g/mol. The molecule has 0 amide bonds. The van der Waals surface area contributed by atoms with Crippen LogP contribution in [0.25, 0.3) is 0 Å². The third-order valence-corrected chi connectivity index (χ3v) is 13.8. The van der Waals surface area contributed by atoms with E-state index in [1.54, 1.807) is 0 Å². The van der Waals surface area contributed by atoms with E-state index >= 15 is 0 Å². The van der Waals surface area contributed by atoms with Crippen molar-refractivity contribution in [2.75, 3.05) is 0 Å². The minimum atomic E-state index is -1.91. The number of aliphatic hydroxyl groups is 1. The van der Waals surface area contributed by atoms with Gasteiger partial charge in [-0.25, -0.2) is 0 Å². The maximum absolute atomic E-state index is 10.0. The number of ether oxygens (including phenoxy) is 2. The molecule has 5 heteroatoms. The van der Waals surface area contributed by atoms with Crippen LogP contribution in [0.5, 0.6) is 5.75 Å². The molecule has 0 fully saturated rings. The van der Waals surface area contributed by atoms with Crippen LogP contribution in [0.3, 0.4) is 0 Å². The zero-order chi connectivity index (χ0) is 31.3. The molecule has 41 heavy (non-hydrogen) atoms. The minimum absolute atomic E-state index is 0.0278. The Kier molecular flexibility index (Phi) is 11.9. The summed E-state index contributed by atoms with van der Waals surface area (Å²) < 4.78 is 19.4. The molecule has 232 valence electrons. The van der Waals surface area contributed by atoms with Gasteiger partial charge in [0.2, 0.25) is 0 Å². The van der Waals surface area contributed by atoms with E-state index in [0.29, 0.717) is 25.7 Å². The van der Waals surface area contributed by atoms with Crippen molar-refractivity contribution in [2.45, 2.75) is 150 Å². The first kappa shape index (κ1) is 35.5. The maximum Gasteiger partial charge on any atom is 0.192 e. The first-order valence-electron chi connectivity index (χ1n) is 15.4. The lowest BCUT2D eigenvalue weighted by atomic mass is 9.79. The van der Waals surface area contributed by atoms with E-state index in [2.05, 4.69) is 112 Å². The molecular weight excluding hydrogens is 524 g/mol. The van der Waals surface area contributed by atoms with Gasteiger partial charge in [-0.2, -0.15) is 0 Å². The van der Waals surface area contributed by atoms with Gasteiger partial charge in [0.05, 0.1) is 24.4 Å². The van der Waals surface area contributed by atoms with Crippen LogP contribution in [0.2, 0.25) is 18.1 Å². The van der Waals surface area contributed by atoms with Crippen LogP contribution in [0.1, 0.15) is 124 Å². The summed E-state index contributed by atoms with van der Waals surface area (Å²) in [5, 5.41) is 10.2. The van der Waals surface area contributed by atoms with Gasteiger partial charge in [0, 0.05) is 0 Å². The van der Waals surface area contributed by atoms with Crippen molar-refractivity contribution in [3.8, 4) is 5.75 Å². The van der Waals surface area contributed by atoms with Crippen molar-refractivity contribution < 1.29 is 19.0 Å². The lowest BCUT2D eigenvalue weighted by Gasteiger charge is -2.39. The minimum Gasteiger partial charge on any atom is -0.489 e. The second-order valence-corrected chi connectivity index (χ2v) is 20.5. The zero-order valence-electron chi connectivity index (χ0n) is 28.5. The third-order valence-electron chi connectivity index (χ3n) is 9.32. The van der Waals surface area contributed by atoms with E-state index in [4.69, 9.17) is 13.9 Å². The largest absolute Gasteiger partial charge is 0.489 e. The van der Waals surface area contributed by atoms with E-state index in [-0.39, 0.29) is 16.1 Å². The number of hydrogen-bond acceptors (Lipinski definition) is 4. The molecule has 1 N–H and O–H groups in total. The van der Waals surface area contributed by atoms with Crippen LogP contribution in [-0.4, -0.2) is 24.6 Å². The highest BCUT2D eigenvalue weighted by atomic mass is 28.4. The molecule has 0 saturated carbocycles. The molecule has 2 aromatic carbocycles. The normalized spacial score (nSPS) is 14.3. The average Bonchev–Trinajstić information content (AvgIpc) is 2.83. The molecule has 4 nitrogen and oxygen atoms in total. The molecule has 0 bridgehead atoms. The van der Waals surface area contributed by atoms with E-state index in [1.165, 1.54) is 16.7 Å². The van der Waals surface area contributed by atoms with Gasteiger partial charge < -0.3 is 19.0 Å². The van der Waals surface area contributed by atoms with Crippen molar-refractivity contribution >= 4 is 8.32 Å². The SMILES string of the molecule is CC(CCCC(C)(C)O)c1cccc(OCc2ccc(COC(C)(C)C(C)(C)C)c(CO[Si](C)(C)C(C)(C)C)c2)c1. The van der Waals surface area contributed by atoms with Crippen LogP contribution in [0, 0.1) is 5.41 Å². The Morgan fingerprint density at radius 3 is 2.05 bits per heavy atom. The Bertz CT molecular complexity index is 1100. The number of hydrogen-bond donors (Lipinski definition) is 1. The van der Waals surface area contributed by atoms with Crippen molar-refractivity contribution in [3.63, 3.8) is 0 Å². The van der Waals surface area contributed by atoms with Gasteiger partial charge in [0.15, 0.2) is 8.32 Å². The maximum atomic E-state index is 10.0. The molecule has 0 heterocycles. The van der Waals surface area contributed by atoms with Crippen LogP contribution < -0.4 is 4.74 Å². The molecule has 0 radical (unpaired) electrons. The summed E-state index contributed by atoms with van der Waals surface area (Å²) in [6, 6.07) is 15.0. The first-order chi connectivity index (χ1) is 18.6. The number of rotatable bonds is 14. The molecule has 0 saturated heterocycles. The Balaban J connectivity index is 2.18. The van der Waals surface area contributed by atoms with Crippen LogP contribution in [0.4, 0.5) is 0 Å². The quantitative estimate of drug-likeness (QED) is 0.224. The van der Waals surface area contributed by atoms with Crippen LogP contribution in [0.15, 0.2) is 42.5 Å². The lowest BCUT2D eigenvalue weighted by molar-refractivity contribution is -0.0999. The standard InChI is InChI=1S/C36H60O4Si/c1-27(16-15-21-35(8,9)37)29-17-14-18-32(23-29)38-24-28-19-20-30(25-39-36(10,11)33(2,3)4)31(22-28)26-40-41(12,13)34(5,6)7/h14,17-20,22-23,27,37H,15-16,21,24-26H2,1-13H3. The van der Waals surface area contributed by atoms with Gasteiger partial charge in [-0.3, -0.25) is 0 Å². The van der Waals surface area contributed by atoms with Crippen LogP contribution in [-0.2, 0) is 29.0 Å². The summed E-state index contributed by atoms with van der Waals surface area (Å²) in [7, 11) is -1.91. The molecule has 0 aromatic heterocycles. The lowest BCUT2D eigenvalue weighted by Crippen LogP contribution is -2.40. The van der Waals surface area contributed by atoms with E-state index < -0.39 is 13.9 Å². The molecule has 0 aliphatic carbocycles. The molecule has 0 spiro atoms. The van der Waals surface area contributed by atoms with Crippen molar-refractivity contribution in [3.05, 3.63) is 64.7 Å².